The summed E-state index contributed by atoms with van der Waals surface area (Å²) in [4.78, 5) is 46.2. The number of halogens is 1. The Bertz CT molecular complexity index is 610. The zero-order valence-electron chi connectivity index (χ0n) is 11.8. The van der Waals surface area contributed by atoms with Gasteiger partial charge in [0.2, 0.25) is 5.91 Å². The molecule has 0 bridgehead atoms. The highest BCUT2D eigenvalue weighted by Crippen LogP contribution is 2.20. The number of amides is 1. The topological polar surface area (TPSA) is 94.3 Å². The van der Waals surface area contributed by atoms with E-state index in [1.807, 2.05) is 0 Å². The first-order valence-corrected chi connectivity index (χ1v) is 6.37. The van der Waals surface area contributed by atoms with E-state index in [-0.39, 0.29) is 29.8 Å². The average molecular weight is 293 g/mol. The van der Waals surface area contributed by atoms with Gasteiger partial charge in [0.15, 0.2) is 11.6 Å². The standard InChI is InChI=1S/C15H16FNO4/c1-8(18)3-5-12(15(17)21)14(20)11-6-4-10(16)7-13(11)9(2)19/h4,6-7,12H,3,5H2,1-2H3,(H2,17,21). The second kappa shape index (κ2) is 6.88. The third-order valence-corrected chi connectivity index (χ3v) is 3.07. The molecule has 0 aliphatic carbocycles. The molecule has 2 N–H and O–H groups in total. The van der Waals surface area contributed by atoms with Crippen molar-refractivity contribution in [2.75, 3.05) is 0 Å². The molecule has 1 atom stereocenters. The molecule has 1 aromatic rings. The Labute approximate surface area is 121 Å². The van der Waals surface area contributed by atoms with Gasteiger partial charge < -0.3 is 10.5 Å². The maximum absolute atomic E-state index is 13.2. The van der Waals surface area contributed by atoms with Crippen molar-refractivity contribution in [3.05, 3.63) is 35.1 Å². The third kappa shape index (κ3) is 4.30. The van der Waals surface area contributed by atoms with Crippen LogP contribution < -0.4 is 5.73 Å². The summed E-state index contributed by atoms with van der Waals surface area (Å²) in [5.74, 6) is -4.09. The van der Waals surface area contributed by atoms with Crippen LogP contribution in [0.3, 0.4) is 0 Å². The van der Waals surface area contributed by atoms with Crippen molar-refractivity contribution in [1.29, 1.82) is 0 Å². The van der Waals surface area contributed by atoms with E-state index in [1.54, 1.807) is 0 Å². The summed E-state index contributed by atoms with van der Waals surface area (Å²) in [5, 5.41) is 0. The Hall–Kier alpha value is -2.37. The number of primary amides is 1. The summed E-state index contributed by atoms with van der Waals surface area (Å²) >= 11 is 0. The normalized spacial score (nSPS) is 11.8. The molecule has 5 nitrogen and oxygen atoms in total. The molecule has 1 unspecified atom stereocenters. The molecule has 21 heavy (non-hydrogen) atoms. The molecule has 0 heterocycles. The van der Waals surface area contributed by atoms with E-state index in [4.69, 9.17) is 5.73 Å². The third-order valence-electron chi connectivity index (χ3n) is 3.07. The Morgan fingerprint density at radius 3 is 2.24 bits per heavy atom. The molecule has 0 spiro atoms. The van der Waals surface area contributed by atoms with Crippen molar-refractivity contribution in [2.45, 2.75) is 26.7 Å². The van der Waals surface area contributed by atoms with Gasteiger partial charge in [-0.05, 0) is 38.5 Å². The van der Waals surface area contributed by atoms with Crippen LogP contribution in [0.1, 0.15) is 47.4 Å². The second-order valence-electron chi connectivity index (χ2n) is 4.81. The van der Waals surface area contributed by atoms with Crippen molar-refractivity contribution >= 4 is 23.3 Å². The minimum Gasteiger partial charge on any atom is -0.369 e. The van der Waals surface area contributed by atoms with Gasteiger partial charge in [0.25, 0.3) is 0 Å². The van der Waals surface area contributed by atoms with Gasteiger partial charge in [-0.25, -0.2) is 4.39 Å². The predicted octanol–water partition coefficient (Wildman–Crippen LogP) is 1.68. The lowest BCUT2D eigenvalue weighted by Crippen LogP contribution is -2.31. The first kappa shape index (κ1) is 16.7. The summed E-state index contributed by atoms with van der Waals surface area (Å²) in [6.07, 6.45) is -0.00579. The van der Waals surface area contributed by atoms with Crippen molar-refractivity contribution in [3.8, 4) is 0 Å². The van der Waals surface area contributed by atoms with Gasteiger partial charge in [-0.3, -0.25) is 14.4 Å². The molecule has 0 saturated carbocycles. The highest BCUT2D eigenvalue weighted by atomic mass is 19.1. The van der Waals surface area contributed by atoms with Crippen LogP contribution in [-0.4, -0.2) is 23.3 Å². The van der Waals surface area contributed by atoms with E-state index < -0.39 is 29.2 Å². The largest absolute Gasteiger partial charge is 0.369 e. The highest BCUT2D eigenvalue weighted by Gasteiger charge is 2.28. The number of carbonyl (C=O) groups excluding carboxylic acids is 4. The average Bonchev–Trinajstić information content (AvgIpc) is 2.37. The lowest BCUT2D eigenvalue weighted by molar-refractivity contribution is -0.121. The molecule has 0 saturated heterocycles. The fourth-order valence-electron chi connectivity index (χ4n) is 1.96. The van der Waals surface area contributed by atoms with Gasteiger partial charge in [0, 0.05) is 17.5 Å². The molecule has 1 aromatic carbocycles. The molecule has 0 aliphatic rings. The minimum atomic E-state index is -1.21. The molecule has 1 rings (SSSR count). The zero-order valence-corrected chi connectivity index (χ0v) is 11.8. The molecular formula is C15H16FNO4. The van der Waals surface area contributed by atoms with Gasteiger partial charge >= 0.3 is 0 Å². The smallest absolute Gasteiger partial charge is 0.228 e. The maximum Gasteiger partial charge on any atom is 0.228 e. The number of rotatable bonds is 7. The Kier molecular flexibility index (Phi) is 5.46. The van der Waals surface area contributed by atoms with E-state index in [0.717, 1.165) is 18.2 Å². The molecule has 112 valence electrons. The lowest BCUT2D eigenvalue weighted by atomic mass is 9.89. The Balaban J connectivity index is 3.17. The monoisotopic (exact) mass is 293 g/mol. The van der Waals surface area contributed by atoms with Crippen LogP contribution in [0.4, 0.5) is 4.39 Å². The number of Topliss-reactive ketones (excluding diaryl/α,β-unsaturated/α-hetero) is 3. The fraction of sp³-hybridized carbons (Fsp3) is 0.333. The van der Waals surface area contributed by atoms with Crippen LogP contribution in [-0.2, 0) is 9.59 Å². The fourth-order valence-corrected chi connectivity index (χ4v) is 1.96. The van der Waals surface area contributed by atoms with Gasteiger partial charge in [-0.1, -0.05) is 0 Å². The van der Waals surface area contributed by atoms with Crippen molar-refractivity contribution < 1.29 is 23.6 Å². The summed E-state index contributed by atoms with van der Waals surface area (Å²) in [5.41, 5.74) is 5.03. The first-order valence-electron chi connectivity index (χ1n) is 6.37. The van der Waals surface area contributed by atoms with Crippen LogP contribution in [0.5, 0.6) is 0 Å². The van der Waals surface area contributed by atoms with E-state index in [9.17, 15) is 23.6 Å². The number of nitrogens with two attached hydrogens (primary N) is 1. The van der Waals surface area contributed by atoms with Gasteiger partial charge in [-0.15, -0.1) is 0 Å². The summed E-state index contributed by atoms with van der Waals surface area (Å²) in [7, 11) is 0. The summed E-state index contributed by atoms with van der Waals surface area (Å²) in [6, 6.07) is 3.12. The quantitative estimate of drug-likeness (QED) is 0.611. The summed E-state index contributed by atoms with van der Waals surface area (Å²) in [6.45, 7) is 2.53. The van der Waals surface area contributed by atoms with E-state index in [0.29, 0.717) is 0 Å². The van der Waals surface area contributed by atoms with Crippen LogP contribution in [0, 0.1) is 11.7 Å². The number of ketones is 3. The first-order chi connectivity index (χ1) is 9.73. The molecule has 1 amide bonds. The van der Waals surface area contributed by atoms with Crippen LogP contribution in [0.25, 0.3) is 0 Å². The Morgan fingerprint density at radius 1 is 1.14 bits per heavy atom. The lowest BCUT2D eigenvalue weighted by Gasteiger charge is -2.13. The van der Waals surface area contributed by atoms with E-state index in [1.165, 1.54) is 13.8 Å². The van der Waals surface area contributed by atoms with Crippen molar-refractivity contribution in [2.24, 2.45) is 11.7 Å². The van der Waals surface area contributed by atoms with Crippen molar-refractivity contribution in [1.82, 2.24) is 0 Å². The summed E-state index contributed by atoms with van der Waals surface area (Å²) < 4.78 is 13.2. The molecule has 0 radical (unpaired) electrons. The highest BCUT2D eigenvalue weighted by molar-refractivity contribution is 6.15. The molecule has 0 aromatic heterocycles. The van der Waals surface area contributed by atoms with Gasteiger partial charge in [0.05, 0.1) is 0 Å². The Morgan fingerprint density at radius 2 is 1.76 bits per heavy atom. The minimum absolute atomic E-state index is 0.0238. The van der Waals surface area contributed by atoms with Crippen LogP contribution in [0.2, 0.25) is 0 Å². The second-order valence-corrected chi connectivity index (χ2v) is 4.81. The maximum atomic E-state index is 13.2. The number of hydrogen-bond donors (Lipinski definition) is 1. The number of benzene rings is 1. The molecule has 6 heteroatoms. The number of carbonyl (C=O) groups is 4. The van der Waals surface area contributed by atoms with E-state index in [2.05, 4.69) is 0 Å². The predicted molar refractivity (Wildman–Crippen MR) is 73.3 cm³/mol. The van der Waals surface area contributed by atoms with E-state index >= 15 is 0 Å². The number of hydrogen-bond acceptors (Lipinski definition) is 4. The molecule has 0 aliphatic heterocycles. The van der Waals surface area contributed by atoms with Crippen LogP contribution in [0.15, 0.2) is 18.2 Å². The van der Waals surface area contributed by atoms with Crippen molar-refractivity contribution in [3.63, 3.8) is 0 Å². The SMILES string of the molecule is CC(=O)CCC(C(N)=O)C(=O)c1ccc(F)cc1C(C)=O. The zero-order chi connectivity index (χ0) is 16.2. The van der Waals surface area contributed by atoms with Crippen LogP contribution >= 0.6 is 0 Å². The van der Waals surface area contributed by atoms with Gasteiger partial charge in [-0.2, -0.15) is 0 Å². The van der Waals surface area contributed by atoms with Gasteiger partial charge in [0.1, 0.15) is 17.5 Å². The molecule has 0 fully saturated rings. The molecular weight excluding hydrogens is 277 g/mol.